The summed E-state index contributed by atoms with van der Waals surface area (Å²) in [4.78, 5) is 12.4. The molecule has 0 aliphatic heterocycles. The first-order valence-electron chi connectivity index (χ1n) is 6.31. The predicted molar refractivity (Wildman–Crippen MR) is 89.6 cm³/mol. The first-order chi connectivity index (χ1) is 11.2. The summed E-state index contributed by atoms with van der Waals surface area (Å²) < 4.78 is 5.47. The maximum absolute atomic E-state index is 12.4. The Morgan fingerprint density at radius 1 is 0.833 bits per heavy atom. The van der Waals surface area contributed by atoms with Gasteiger partial charge in [-0.25, -0.2) is 0 Å². The largest absolute Gasteiger partial charge is 0.505 e. The van der Waals surface area contributed by atoms with E-state index in [-0.39, 0.29) is 33.1 Å². The number of hydrogen-bond acceptors (Lipinski definition) is 6. The van der Waals surface area contributed by atoms with Gasteiger partial charge >= 0.3 is 0 Å². The van der Waals surface area contributed by atoms with Gasteiger partial charge in [0.15, 0.2) is 34.3 Å². The van der Waals surface area contributed by atoms with E-state index in [2.05, 4.69) is 0 Å². The molecular formula is C15H7Cl3O6. The van der Waals surface area contributed by atoms with Gasteiger partial charge in [0.05, 0.1) is 0 Å². The molecule has 0 unspecified atom stereocenters. The van der Waals surface area contributed by atoms with E-state index in [1.54, 1.807) is 0 Å². The van der Waals surface area contributed by atoms with Gasteiger partial charge in [0, 0.05) is 5.56 Å². The second-order valence-corrected chi connectivity index (χ2v) is 5.94. The molecule has 2 aromatic carbocycles. The standard InChI is InChI=1S/C15H7Cl3O6/c16-8-11(21)7-12(22)9(17)14(24-15(7)10(18)13(8)23)4-1-2-5(19)6(20)3-4/h1-3,19-21,23H. The molecule has 3 aromatic rings. The summed E-state index contributed by atoms with van der Waals surface area (Å²) in [5, 5.41) is 37.0. The molecule has 0 bridgehead atoms. The van der Waals surface area contributed by atoms with Crippen LogP contribution >= 0.6 is 34.8 Å². The molecule has 3 rings (SSSR count). The van der Waals surface area contributed by atoms with Gasteiger partial charge in [-0.05, 0) is 18.2 Å². The lowest BCUT2D eigenvalue weighted by Gasteiger charge is -2.11. The van der Waals surface area contributed by atoms with E-state index in [4.69, 9.17) is 39.2 Å². The Morgan fingerprint density at radius 3 is 2.12 bits per heavy atom. The quantitative estimate of drug-likeness (QED) is 0.463. The third kappa shape index (κ3) is 2.31. The zero-order valence-electron chi connectivity index (χ0n) is 11.5. The van der Waals surface area contributed by atoms with Crippen molar-refractivity contribution in [3.63, 3.8) is 0 Å². The van der Waals surface area contributed by atoms with E-state index in [9.17, 15) is 25.2 Å². The van der Waals surface area contributed by atoms with Gasteiger partial charge < -0.3 is 24.8 Å². The van der Waals surface area contributed by atoms with E-state index < -0.39 is 32.7 Å². The maximum Gasteiger partial charge on any atom is 0.215 e. The van der Waals surface area contributed by atoms with Gasteiger partial charge in [-0.3, -0.25) is 4.79 Å². The zero-order valence-corrected chi connectivity index (χ0v) is 13.7. The van der Waals surface area contributed by atoms with Crippen molar-refractivity contribution in [2.45, 2.75) is 0 Å². The molecule has 9 heteroatoms. The highest BCUT2D eigenvalue weighted by atomic mass is 35.5. The topological polar surface area (TPSA) is 111 Å². The van der Waals surface area contributed by atoms with Crippen LogP contribution in [0.25, 0.3) is 22.3 Å². The fourth-order valence-corrected chi connectivity index (χ4v) is 2.87. The van der Waals surface area contributed by atoms with Crippen molar-refractivity contribution in [1.29, 1.82) is 0 Å². The summed E-state index contributed by atoms with van der Waals surface area (Å²) >= 11 is 17.7. The summed E-state index contributed by atoms with van der Waals surface area (Å²) in [6.07, 6.45) is 0. The van der Waals surface area contributed by atoms with Crippen molar-refractivity contribution in [3.05, 3.63) is 43.5 Å². The summed E-state index contributed by atoms with van der Waals surface area (Å²) in [6, 6.07) is 3.63. The molecule has 0 atom stereocenters. The molecule has 0 saturated carbocycles. The number of fused-ring (bicyclic) bond motifs is 1. The zero-order chi connectivity index (χ0) is 17.8. The Bertz CT molecular complexity index is 1060. The summed E-state index contributed by atoms with van der Waals surface area (Å²) in [7, 11) is 0. The molecule has 0 saturated heterocycles. The van der Waals surface area contributed by atoms with Gasteiger partial charge in [0.25, 0.3) is 0 Å². The van der Waals surface area contributed by atoms with Crippen LogP contribution in [0.2, 0.25) is 15.1 Å². The van der Waals surface area contributed by atoms with Crippen LogP contribution in [0, 0.1) is 0 Å². The number of phenolic OH excluding ortho intramolecular Hbond substituents is 4. The van der Waals surface area contributed by atoms with Crippen LogP contribution in [0.15, 0.2) is 27.4 Å². The van der Waals surface area contributed by atoms with E-state index in [1.807, 2.05) is 0 Å². The Hall–Kier alpha value is -2.28. The van der Waals surface area contributed by atoms with Gasteiger partial charge in [-0.1, -0.05) is 34.8 Å². The Kier molecular flexibility index (Phi) is 3.91. The van der Waals surface area contributed by atoms with Crippen LogP contribution in [-0.2, 0) is 0 Å². The Morgan fingerprint density at radius 2 is 1.50 bits per heavy atom. The molecule has 0 radical (unpaired) electrons. The fourth-order valence-electron chi connectivity index (χ4n) is 2.16. The SMILES string of the molecule is O=c1c(Cl)c(-c2ccc(O)c(O)c2)oc2c(Cl)c(O)c(Cl)c(O)c12. The number of phenols is 4. The molecule has 4 N–H and O–H groups in total. The Balaban J connectivity index is 2.46. The smallest absolute Gasteiger partial charge is 0.215 e. The highest BCUT2D eigenvalue weighted by Crippen LogP contribution is 2.46. The van der Waals surface area contributed by atoms with Crippen LogP contribution in [0.3, 0.4) is 0 Å². The molecule has 24 heavy (non-hydrogen) atoms. The molecule has 6 nitrogen and oxygen atoms in total. The molecule has 1 heterocycles. The highest BCUT2D eigenvalue weighted by Gasteiger charge is 2.24. The lowest BCUT2D eigenvalue weighted by molar-refractivity contribution is 0.404. The van der Waals surface area contributed by atoms with E-state index in [0.29, 0.717) is 0 Å². The predicted octanol–water partition coefficient (Wildman–Crippen LogP) is 4.24. The molecule has 0 amide bonds. The van der Waals surface area contributed by atoms with Crippen molar-refractivity contribution in [2.24, 2.45) is 0 Å². The minimum Gasteiger partial charge on any atom is -0.505 e. The molecule has 1 aromatic heterocycles. The van der Waals surface area contributed by atoms with Gasteiger partial charge in [0.1, 0.15) is 20.5 Å². The average Bonchev–Trinajstić information content (AvgIpc) is 2.56. The lowest BCUT2D eigenvalue weighted by atomic mass is 10.1. The van der Waals surface area contributed by atoms with Crippen LogP contribution in [0.4, 0.5) is 0 Å². The second kappa shape index (κ2) is 5.66. The van der Waals surface area contributed by atoms with Crippen LogP contribution in [-0.4, -0.2) is 20.4 Å². The second-order valence-electron chi connectivity index (χ2n) is 4.81. The van der Waals surface area contributed by atoms with Gasteiger partial charge in [-0.15, -0.1) is 0 Å². The van der Waals surface area contributed by atoms with Crippen molar-refractivity contribution in [3.8, 4) is 34.3 Å². The van der Waals surface area contributed by atoms with E-state index in [0.717, 1.165) is 6.07 Å². The Labute approximate surface area is 148 Å². The molecular weight excluding hydrogens is 383 g/mol. The number of rotatable bonds is 1. The normalized spacial score (nSPS) is 11.1. The van der Waals surface area contributed by atoms with Crippen LogP contribution in [0.5, 0.6) is 23.0 Å². The van der Waals surface area contributed by atoms with Crippen molar-refractivity contribution < 1.29 is 24.8 Å². The fraction of sp³-hybridized carbons (Fsp3) is 0. The number of benzene rings is 2. The van der Waals surface area contributed by atoms with Gasteiger partial charge in [0.2, 0.25) is 5.43 Å². The van der Waals surface area contributed by atoms with Crippen molar-refractivity contribution in [2.75, 3.05) is 0 Å². The maximum atomic E-state index is 12.4. The lowest BCUT2D eigenvalue weighted by Crippen LogP contribution is -2.05. The monoisotopic (exact) mass is 388 g/mol. The van der Waals surface area contributed by atoms with E-state index in [1.165, 1.54) is 12.1 Å². The van der Waals surface area contributed by atoms with Crippen molar-refractivity contribution >= 4 is 45.8 Å². The molecule has 124 valence electrons. The summed E-state index contributed by atoms with van der Waals surface area (Å²) in [5.74, 6) is -2.39. The average molecular weight is 390 g/mol. The van der Waals surface area contributed by atoms with Crippen LogP contribution in [0.1, 0.15) is 0 Å². The van der Waals surface area contributed by atoms with E-state index >= 15 is 0 Å². The summed E-state index contributed by atoms with van der Waals surface area (Å²) in [5.41, 5.74) is -0.992. The third-order valence-corrected chi connectivity index (χ3v) is 4.41. The first-order valence-corrected chi connectivity index (χ1v) is 7.45. The third-order valence-electron chi connectivity index (χ3n) is 3.35. The number of halogens is 3. The molecule has 0 aliphatic carbocycles. The number of aromatic hydroxyl groups is 4. The summed E-state index contributed by atoms with van der Waals surface area (Å²) in [6.45, 7) is 0. The molecule has 0 spiro atoms. The minimum atomic E-state index is -0.832. The molecule has 0 fully saturated rings. The highest BCUT2D eigenvalue weighted by molar-refractivity contribution is 6.42. The van der Waals surface area contributed by atoms with Crippen molar-refractivity contribution in [1.82, 2.24) is 0 Å². The first kappa shape index (κ1) is 16.6. The number of hydrogen-bond donors (Lipinski definition) is 4. The molecule has 0 aliphatic rings. The minimum absolute atomic E-state index is 0.166. The van der Waals surface area contributed by atoms with Gasteiger partial charge in [-0.2, -0.15) is 0 Å². The van der Waals surface area contributed by atoms with Crippen LogP contribution < -0.4 is 5.43 Å².